The summed E-state index contributed by atoms with van der Waals surface area (Å²) in [6.45, 7) is 5.86. The molecule has 0 radical (unpaired) electrons. The van der Waals surface area contributed by atoms with E-state index in [1.165, 1.54) is 25.8 Å². The van der Waals surface area contributed by atoms with E-state index in [-0.39, 0.29) is 5.91 Å². The predicted molar refractivity (Wildman–Crippen MR) is 77.8 cm³/mol. The minimum absolute atomic E-state index is 0.183. The van der Waals surface area contributed by atoms with E-state index >= 15 is 0 Å². The van der Waals surface area contributed by atoms with Crippen LogP contribution in [0.1, 0.15) is 52.4 Å². The normalized spacial score (nSPS) is 41.1. The van der Waals surface area contributed by atoms with Crippen molar-refractivity contribution in [2.75, 3.05) is 13.6 Å². The van der Waals surface area contributed by atoms with E-state index in [2.05, 4.69) is 24.1 Å². The Morgan fingerprint density at radius 1 is 1.32 bits per heavy atom. The third-order valence-electron chi connectivity index (χ3n) is 5.57. The largest absolute Gasteiger partial charge is 0.368 e. The average Bonchev–Trinajstić information content (AvgIpc) is 2.41. The van der Waals surface area contributed by atoms with E-state index in [1.54, 1.807) is 0 Å². The van der Waals surface area contributed by atoms with Crippen molar-refractivity contribution in [1.29, 1.82) is 0 Å². The van der Waals surface area contributed by atoms with Crippen molar-refractivity contribution in [3.63, 3.8) is 0 Å². The predicted octanol–water partition coefficient (Wildman–Crippen LogP) is 1.49. The molecule has 1 saturated heterocycles. The molecule has 1 aliphatic heterocycles. The number of piperidine rings is 1. The molecule has 1 aliphatic carbocycles. The number of nitrogens with one attached hydrogen (secondary N) is 1. The summed E-state index contributed by atoms with van der Waals surface area (Å²) in [5.74, 6) is 0.575. The van der Waals surface area contributed by atoms with Crippen LogP contribution in [0.3, 0.4) is 0 Å². The van der Waals surface area contributed by atoms with Gasteiger partial charge in [-0.25, -0.2) is 0 Å². The van der Waals surface area contributed by atoms with Crippen LogP contribution in [0.15, 0.2) is 0 Å². The lowest BCUT2D eigenvalue weighted by molar-refractivity contribution is -0.127. The van der Waals surface area contributed by atoms with E-state index in [0.717, 1.165) is 25.2 Å². The highest BCUT2D eigenvalue weighted by Crippen LogP contribution is 2.35. The highest BCUT2D eigenvalue weighted by atomic mass is 16.1. The van der Waals surface area contributed by atoms with Gasteiger partial charge in [0, 0.05) is 12.1 Å². The number of hydrogen-bond donors (Lipinski definition) is 2. The summed E-state index contributed by atoms with van der Waals surface area (Å²) in [5.41, 5.74) is 5.16. The monoisotopic (exact) mass is 267 g/mol. The number of likely N-dealkylation sites (tertiary alicyclic amines) is 1. The average molecular weight is 267 g/mol. The van der Waals surface area contributed by atoms with Crippen LogP contribution in [0.2, 0.25) is 0 Å². The highest BCUT2D eigenvalue weighted by Gasteiger charge is 2.43. The van der Waals surface area contributed by atoms with Crippen LogP contribution in [-0.4, -0.2) is 42.0 Å². The molecule has 2 aliphatic rings. The van der Waals surface area contributed by atoms with E-state index in [0.29, 0.717) is 12.1 Å². The molecule has 0 bridgehead atoms. The summed E-state index contributed by atoms with van der Waals surface area (Å²) in [4.78, 5) is 14.5. The molecule has 2 fully saturated rings. The van der Waals surface area contributed by atoms with Gasteiger partial charge in [-0.05, 0) is 65.0 Å². The van der Waals surface area contributed by atoms with Crippen LogP contribution in [0.25, 0.3) is 0 Å². The fraction of sp³-hybridized carbons (Fsp3) is 0.933. The fourth-order valence-electron chi connectivity index (χ4n) is 3.99. The van der Waals surface area contributed by atoms with Crippen molar-refractivity contribution in [2.45, 2.75) is 70.0 Å². The molecular weight excluding hydrogens is 238 g/mol. The van der Waals surface area contributed by atoms with Gasteiger partial charge in [-0.1, -0.05) is 6.92 Å². The number of hydrogen-bond acceptors (Lipinski definition) is 3. The summed E-state index contributed by atoms with van der Waals surface area (Å²) < 4.78 is 0. The second-order valence-corrected chi connectivity index (χ2v) is 6.54. The number of amides is 1. The maximum Gasteiger partial charge on any atom is 0.237 e. The molecule has 4 nitrogen and oxygen atoms in total. The van der Waals surface area contributed by atoms with Crippen LogP contribution < -0.4 is 11.1 Å². The number of primary amides is 1. The van der Waals surface area contributed by atoms with Crippen LogP contribution >= 0.6 is 0 Å². The van der Waals surface area contributed by atoms with Gasteiger partial charge < -0.3 is 11.1 Å². The molecular formula is C15H29N3O. The molecule has 0 spiro atoms. The Hall–Kier alpha value is -0.610. The molecule has 19 heavy (non-hydrogen) atoms. The SMILES string of the molecule is CNC1(C(N)=O)CCCC(N2CCCC(C)C2C)C1. The summed E-state index contributed by atoms with van der Waals surface area (Å²) in [6, 6.07) is 1.13. The van der Waals surface area contributed by atoms with Crippen molar-refractivity contribution in [3.8, 4) is 0 Å². The minimum Gasteiger partial charge on any atom is -0.368 e. The second-order valence-electron chi connectivity index (χ2n) is 6.54. The van der Waals surface area contributed by atoms with Crippen molar-refractivity contribution >= 4 is 5.91 Å². The van der Waals surface area contributed by atoms with E-state index in [1.807, 2.05) is 7.05 Å². The Labute approximate surface area is 117 Å². The highest BCUT2D eigenvalue weighted by molar-refractivity contribution is 5.84. The zero-order chi connectivity index (χ0) is 14.0. The number of carbonyl (C=O) groups excluding carboxylic acids is 1. The molecule has 110 valence electrons. The van der Waals surface area contributed by atoms with E-state index < -0.39 is 5.54 Å². The Bertz CT molecular complexity index is 333. The molecule has 2 rings (SSSR count). The van der Waals surface area contributed by atoms with Gasteiger partial charge in [-0.3, -0.25) is 9.69 Å². The molecule has 4 atom stereocenters. The smallest absolute Gasteiger partial charge is 0.237 e. The van der Waals surface area contributed by atoms with Crippen molar-refractivity contribution in [1.82, 2.24) is 10.2 Å². The molecule has 0 aromatic carbocycles. The van der Waals surface area contributed by atoms with Crippen molar-refractivity contribution in [3.05, 3.63) is 0 Å². The zero-order valence-electron chi connectivity index (χ0n) is 12.6. The lowest BCUT2D eigenvalue weighted by Crippen LogP contribution is -2.61. The number of rotatable bonds is 3. The Kier molecular flexibility index (Phi) is 4.51. The van der Waals surface area contributed by atoms with Crippen LogP contribution in [0.4, 0.5) is 0 Å². The Morgan fingerprint density at radius 3 is 2.68 bits per heavy atom. The summed E-state index contributed by atoms with van der Waals surface area (Å²) >= 11 is 0. The number of nitrogens with zero attached hydrogens (tertiary/aromatic N) is 1. The first kappa shape index (κ1) is 14.8. The lowest BCUT2D eigenvalue weighted by atomic mass is 9.76. The van der Waals surface area contributed by atoms with Gasteiger partial charge in [0.2, 0.25) is 5.91 Å². The first-order valence-corrected chi connectivity index (χ1v) is 7.75. The quantitative estimate of drug-likeness (QED) is 0.814. The molecule has 1 amide bonds. The first-order valence-electron chi connectivity index (χ1n) is 7.75. The zero-order valence-corrected chi connectivity index (χ0v) is 12.6. The molecule has 0 aromatic heterocycles. The van der Waals surface area contributed by atoms with E-state index in [9.17, 15) is 4.79 Å². The molecule has 4 heteroatoms. The van der Waals surface area contributed by atoms with Gasteiger partial charge in [0.25, 0.3) is 0 Å². The second kappa shape index (κ2) is 5.80. The van der Waals surface area contributed by atoms with Crippen LogP contribution in [0.5, 0.6) is 0 Å². The molecule has 1 heterocycles. The first-order chi connectivity index (χ1) is 9.00. The minimum atomic E-state index is -0.483. The van der Waals surface area contributed by atoms with Crippen molar-refractivity contribution in [2.24, 2.45) is 11.7 Å². The number of nitrogens with two attached hydrogens (primary N) is 1. The van der Waals surface area contributed by atoms with Gasteiger partial charge in [0.05, 0.1) is 5.54 Å². The molecule has 1 saturated carbocycles. The van der Waals surface area contributed by atoms with Gasteiger partial charge in [-0.2, -0.15) is 0 Å². The topological polar surface area (TPSA) is 58.4 Å². The molecule has 0 aromatic rings. The van der Waals surface area contributed by atoms with Gasteiger partial charge in [-0.15, -0.1) is 0 Å². The van der Waals surface area contributed by atoms with Crippen molar-refractivity contribution < 1.29 is 4.79 Å². The maximum absolute atomic E-state index is 11.8. The number of carbonyl (C=O) groups is 1. The van der Waals surface area contributed by atoms with Gasteiger partial charge in [0.1, 0.15) is 0 Å². The standard InChI is InChI=1S/C15H29N3O/c1-11-6-5-9-18(12(11)2)13-7-4-8-15(10-13,17-3)14(16)19/h11-13,17H,4-10H2,1-3H3,(H2,16,19). The van der Waals surface area contributed by atoms with Gasteiger partial charge >= 0.3 is 0 Å². The summed E-state index contributed by atoms with van der Waals surface area (Å²) in [7, 11) is 1.87. The molecule has 4 unspecified atom stereocenters. The summed E-state index contributed by atoms with van der Waals surface area (Å²) in [5, 5.41) is 3.21. The molecule has 3 N–H and O–H groups in total. The number of likely N-dealkylation sites (N-methyl/N-ethyl adjacent to an activating group) is 1. The van der Waals surface area contributed by atoms with Gasteiger partial charge in [0.15, 0.2) is 0 Å². The van der Waals surface area contributed by atoms with Crippen LogP contribution in [0, 0.1) is 5.92 Å². The van der Waals surface area contributed by atoms with Crippen LogP contribution in [-0.2, 0) is 4.79 Å². The summed E-state index contributed by atoms with van der Waals surface area (Å²) in [6.07, 6.45) is 6.66. The third kappa shape index (κ3) is 2.79. The maximum atomic E-state index is 11.8. The Balaban J connectivity index is 2.10. The lowest BCUT2D eigenvalue weighted by Gasteiger charge is -2.48. The third-order valence-corrected chi connectivity index (χ3v) is 5.57. The Morgan fingerprint density at radius 2 is 2.05 bits per heavy atom. The van der Waals surface area contributed by atoms with E-state index in [4.69, 9.17) is 5.73 Å². The fourth-order valence-corrected chi connectivity index (χ4v) is 3.99.